The first kappa shape index (κ1) is 16.2. The standard InChI is InChI=1S/C13H13F3N2O3S/c1-19-8-4-7(5-9(20-2)11(8)21-3)17-12-18-10(6-22-12)13(14,15)16/h4-6H,1-3H3,(H,17,18). The molecule has 5 nitrogen and oxygen atoms in total. The normalized spacial score (nSPS) is 11.2. The smallest absolute Gasteiger partial charge is 0.434 e. The Morgan fingerprint density at radius 1 is 1.05 bits per heavy atom. The number of alkyl halides is 3. The van der Waals surface area contributed by atoms with E-state index in [1.54, 1.807) is 12.1 Å². The third-order valence-corrected chi connectivity index (χ3v) is 3.47. The van der Waals surface area contributed by atoms with Gasteiger partial charge in [0.25, 0.3) is 0 Å². The summed E-state index contributed by atoms with van der Waals surface area (Å²) in [6, 6.07) is 3.16. The lowest BCUT2D eigenvalue weighted by Gasteiger charge is -2.14. The molecule has 0 spiro atoms. The van der Waals surface area contributed by atoms with Crippen LogP contribution in [0.15, 0.2) is 17.5 Å². The van der Waals surface area contributed by atoms with E-state index in [1.165, 1.54) is 21.3 Å². The van der Waals surface area contributed by atoms with Crippen LogP contribution in [0.1, 0.15) is 5.69 Å². The van der Waals surface area contributed by atoms with Crippen molar-refractivity contribution in [2.75, 3.05) is 26.6 Å². The molecule has 2 aromatic rings. The molecule has 1 aromatic heterocycles. The number of hydrogen-bond donors (Lipinski definition) is 1. The molecule has 0 radical (unpaired) electrons. The average Bonchev–Trinajstić information content (AvgIpc) is 2.94. The largest absolute Gasteiger partial charge is 0.493 e. The number of aromatic nitrogens is 1. The molecule has 0 saturated carbocycles. The molecule has 0 saturated heterocycles. The monoisotopic (exact) mass is 334 g/mol. The molecule has 22 heavy (non-hydrogen) atoms. The molecular weight excluding hydrogens is 321 g/mol. The summed E-state index contributed by atoms with van der Waals surface area (Å²) in [4.78, 5) is 3.50. The molecule has 0 bridgehead atoms. The van der Waals surface area contributed by atoms with Gasteiger partial charge in [-0.2, -0.15) is 13.2 Å². The van der Waals surface area contributed by atoms with E-state index in [1.807, 2.05) is 0 Å². The summed E-state index contributed by atoms with van der Waals surface area (Å²) in [5.74, 6) is 1.17. The minimum Gasteiger partial charge on any atom is -0.493 e. The van der Waals surface area contributed by atoms with E-state index in [0.29, 0.717) is 22.9 Å². The first-order chi connectivity index (χ1) is 10.4. The SMILES string of the molecule is COc1cc(Nc2nc(C(F)(F)F)cs2)cc(OC)c1OC. The summed E-state index contributed by atoms with van der Waals surface area (Å²) in [7, 11) is 4.36. The van der Waals surface area contributed by atoms with Crippen molar-refractivity contribution >= 4 is 22.2 Å². The van der Waals surface area contributed by atoms with E-state index in [2.05, 4.69) is 10.3 Å². The fourth-order valence-corrected chi connectivity index (χ4v) is 2.48. The predicted octanol–water partition coefficient (Wildman–Crippen LogP) is 3.93. The number of nitrogens with zero attached hydrogens (tertiary/aromatic N) is 1. The van der Waals surface area contributed by atoms with Gasteiger partial charge >= 0.3 is 6.18 Å². The lowest BCUT2D eigenvalue weighted by Crippen LogP contribution is -2.05. The Hall–Kier alpha value is -2.16. The summed E-state index contributed by atoms with van der Waals surface area (Å²) in [6.45, 7) is 0. The molecule has 0 aliphatic rings. The van der Waals surface area contributed by atoms with Crippen molar-refractivity contribution in [3.05, 3.63) is 23.2 Å². The molecule has 0 unspecified atom stereocenters. The molecular formula is C13H13F3N2O3S. The van der Waals surface area contributed by atoms with Crippen LogP contribution in [0.2, 0.25) is 0 Å². The highest BCUT2D eigenvalue weighted by Gasteiger charge is 2.33. The van der Waals surface area contributed by atoms with Crippen molar-refractivity contribution in [1.29, 1.82) is 0 Å². The maximum absolute atomic E-state index is 12.5. The second kappa shape index (κ2) is 6.30. The minimum atomic E-state index is -4.47. The van der Waals surface area contributed by atoms with Crippen LogP contribution in [0.25, 0.3) is 0 Å². The van der Waals surface area contributed by atoms with Crippen molar-refractivity contribution < 1.29 is 27.4 Å². The van der Waals surface area contributed by atoms with Crippen molar-refractivity contribution in [1.82, 2.24) is 4.98 Å². The van der Waals surface area contributed by atoms with Crippen molar-refractivity contribution in [2.24, 2.45) is 0 Å². The van der Waals surface area contributed by atoms with Crippen LogP contribution in [-0.4, -0.2) is 26.3 Å². The van der Waals surface area contributed by atoms with E-state index in [4.69, 9.17) is 14.2 Å². The molecule has 0 aliphatic heterocycles. The number of halogens is 3. The molecule has 0 aliphatic carbocycles. The number of methoxy groups -OCH3 is 3. The highest BCUT2D eigenvalue weighted by atomic mass is 32.1. The molecule has 0 atom stereocenters. The first-order valence-corrected chi connectivity index (χ1v) is 6.86. The van der Waals surface area contributed by atoms with Crippen molar-refractivity contribution in [2.45, 2.75) is 6.18 Å². The summed E-state index contributed by atoms with van der Waals surface area (Å²) in [6.07, 6.45) is -4.47. The van der Waals surface area contributed by atoms with Gasteiger partial charge in [-0.3, -0.25) is 0 Å². The van der Waals surface area contributed by atoms with Crippen molar-refractivity contribution in [3.8, 4) is 17.2 Å². The Morgan fingerprint density at radius 3 is 2.05 bits per heavy atom. The minimum absolute atomic E-state index is 0.113. The highest BCUT2D eigenvalue weighted by Crippen LogP contribution is 2.41. The molecule has 2 rings (SSSR count). The second-order valence-corrected chi connectivity index (χ2v) is 4.93. The molecule has 0 fully saturated rings. The van der Waals surface area contributed by atoms with Crippen molar-refractivity contribution in [3.63, 3.8) is 0 Å². The van der Waals surface area contributed by atoms with E-state index >= 15 is 0 Å². The Kier molecular flexibility index (Phi) is 4.65. The van der Waals surface area contributed by atoms with Gasteiger partial charge in [0.2, 0.25) is 5.75 Å². The lowest BCUT2D eigenvalue weighted by molar-refractivity contribution is -0.140. The zero-order valence-corrected chi connectivity index (χ0v) is 12.8. The van der Waals surface area contributed by atoms with E-state index in [-0.39, 0.29) is 5.13 Å². The average molecular weight is 334 g/mol. The summed E-state index contributed by atoms with van der Waals surface area (Å²) >= 11 is 0.853. The van der Waals surface area contributed by atoms with Crippen LogP contribution in [0.3, 0.4) is 0 Å². The molecule has 0 amide bonds. The van der Waals surface area contributed by atoms with Gasteiger partial charge in [0.1, 0.15) is 0 Å². The summed E-state index contributed by atoms with van der Waals surface area (Å²) in [5, 5.41) is 3.85. The maximum Gasteiger partial charge on any atom is 0.434 e. The topological polar surface area (TPSA) is 52.6 Å². The fourth-order valence-electron chi connectivity index (χ4n) is 1.74. The molecule has 1 N–H and O–H groups in total. The van der Waals surface area contributed by atoms with Gasteiger partial charge in [-0.25, -0.2) is 4.98 Å². The van der Waals surface area contributed by atoms with Gasteiger partial charge in [-0.1, -0.05) is 0 Å². The number of anilines is 2. The maximum atomic E-state index is 12.5. The summed E-state index contributed by atoms with van der Waals surface area (Å²) < 4.78 is 53.1. The van der Waals surface area contributed by atoms with Gasteiger partial charge in [-0.05, 0) is 0 Å². The molecule has 1 aromatic carbocycles. The van der Waals surface area contributed by atoms with Crippen LogP contribution < -0.4 is 19.5 Å². The number of nitrogens with one attached hydrogen (secondary N) is 1. The number of benzene rings is 1. The third-order valence-electron chi connectivity index (χ3n) is 2.71. The predicted molar refractivity (Wildman–Crippen MR) is 76.5 cm³/mol. The Bertz CT molecular complexity index is 633. The zero-order valence-electron chi connectivity index (χ0n) is 11.9. The molecule has 120 valence electrons. The fraction of sp³-hybridized carbons (Fsp3) is 0.308. The van der Waals surface area contributed by atoms with Gasteiger partial charge < -0.3 is 19.5 Å². The van der Waals surface area contributed by atoms with Crippen LogP contribution >= 0.6 is 11.3 Å². The highest BCUT2D eigenvalue weighted by molar-refractivity contribution is 7.13. The van der Waals surface area contributed by atoms with Gasteiger partial charge in [0.05, 0.1) is 21.3 Å². The quantitative estimate of drug-likeness (QED) is 0.898. The van der Waals surface area contributed by atoms with E-state index in [0.717, 1.165) is 16.7 Å². The Labute approximate surface area is 128 Å². The van der Waals surface area contributed by atoms with Crippen LogP contribution in [-0.2, 0) is 6.18 Å². The number of thiazole rings is 1. The van der Waals surface area contributed by atoms with Crippen LogP contribution in [0.4, 0.5) is 24.0 Å². The lowest BCUT2D eigenvalue weighted by atomic mass is 10.2. The third kappa shape index (κ3) is 3.35. The number of ether oxygens (including phenoxy) is 3. The first-order valence-electron chi connectivity index (χ1n) is 5.98. The number of hydrogen-bond acceptors (Lipinski definition) is 6. The Balaban J connectivity index is 2.31. The zero-order chi connectivity index (χ0) is 16.3. The Morgan fingerprint density at radius 2 is 1.64 bits per heavy atom. The van der Waals surface area contributed by atoms with Gasteiger partial charge in [0, 0.05) is 23.2 Å². The van der Waals surface area contributed by atoms with Gasteiger partial charge in [-0.15, -0.1) is 11.3 Å². The van der Waals surface area contributed by atoms with E-state index < -0.39 is 11.9 Å². The molecule has 9 heteroatoms. The number of rotatable bonds is 5. The second-order valence-electron chi connectivity index (χ2n) is 4.07. The molecule has 1 heterocycles. The van der Waals surface area contributed by atoms with Crippen LogP contribution in [0.5, 0.6) is 17.2 Å². The van der Waals surface area contributed by atoms with E-state index in [9.17, 15) is 13.2 Å². The van der Waals surface area contributed by atoms with Gasteiger partial charge in [0.15, 0.2) is 22.3 Å². The summed E-state index contributed by atoms with van der Waals surface area (Å²) in [5.41, 5.74) is -0.468. The van der Waals surface area contributed by atoms with Crippen LogP contribution in [0, 0.1) is 0 Å².